The van der Waals surface area contributed by atoms with E-state index in [0.29, 0.717) is 30.3 Å². The number of alkyl halides is 3. The average molecular weight is 848 g/mol. The molecule has 0 radical (unpaired) electrons. The minimum Gasteiger partial charge on any atom is -0.378 e. The van der Waals surface area contributed by atoms with Crippen LogP contribution in [0.15, 0.2) is 42.5 Å². The van der Waals surface area contributed by atoms with Crippen molar-refractivity contribution in [3.05, 3.63) is 53.6 Å². The average Bonchev–Trinajstić information content (AvgIpc) is 3.32. The van der Waals surface area contributed by atoms with Crippen LogP contribution in [0.2, 0.25) is 0 Å². The normalized spacial score (nSPS) is 28.0. The van der Waals surface area contributed by atoms with Gasteiger partial charge in [0.15, 0.2) is 0 Å². The Bertz CT molecular complexity index is 1880. The molecule has 3 saturated heterocycles. The third-order valence-corrected chi connectivity index (χ3v) is 12.5. The molecule has 58 heavy (non-hydrogen) atoms. The predicted molar refractivity (Wildman–Crippen MR) is 219 cm³/mol. The van der Waals surface area contributed by atoms with Gasteiger partial charge in [0, 0.05) is 48.2 Å². The summed E-state index contributed by atoms with van der Waals surface area (Å²) in [6.45, 7) is 8.74. The highest BCUT2D eigenvalue weighted by Crippen LogP contribution is 2.43. The smallest absolute Gasteiger partial charge is 0.378 e. The zero-order valence-electron chi connectivity index (χ0n) is 33.2. The number of ether oxygens (including phenoxy) is 1. The van der Waals surface area contributed by atoms with Gasteiger partial charge in [0.05, 0.1) is 35.4 Å². The van der Waals surface area contributed by atoms with Gasteiger partial charge in [0.1, 0.15) is 11.5 Å². The molecule has 2 aromatic carbocycles. The number of hydrogen-bond acceptors (Lipinski definition) is 10. The lowest BCUT2D eigenvalue weighted by Gasteiger charge is -2.43. The fraction of sp³-hybridized carbons (Fsp3) is 0.585. The molecule has 0 aromatic heterocycles. The minimum atomic E-state index is -4.74. The van der Waals surface area contributed by atoms with Crippen molar-refractivity contribution in [2.45, 2.75) is 133 Å². The fourth-order valence-electron chi connectivity index (χ4n) is 9.12. The van der Waals surface area contributed by atoms with Crippen LogP contribution < -0.4 is 20.9 Å². The van der Waals surface area contributed by atoms with Gasteiger partial charge in [0.2, 0.25) is 23.6 Å². The van der Waals surface area contributed by atoms with Gasteiger partial charge in [-0.05, 0) is 121 Å². The Morgan fingerprint density at radius 3 is 2.33 bits per heavy atom. The van der Waals surface area contributed by atoms with Crippen LogP contribution in [0.25, 0.3) is 0 Å². The second-order valence-electron chi connectivity index (χ2n) is 16.4. The molecule has 4 unspecified atom stereocenters. The lowest BCUT2D eigenvalue weighted by atomic mass is 9.85. The number of nitrogens with zero attached hydrogens (tertiary/aromatic N) is 4. The van der Waals surface area contributed by atoms with Crippen LogP contribution in [0.3, 0.4) is 0 Å². The van der Waals surface area contributed by atoms with Crippen molar-refractivity contribution >= 4 is 65.7 Å². The standard InChI is InChI=1S/C41H52F3N7O5S.ClH/c1-24-18-26(19-25(2)49(24)23-36(53)47-29-7-5-6-28(20-29)46-34-14-15-35(52)48-37(34)54)16-17-56-32-12-10-30(11-13-32)51-39(57)50(38(55)40(51,3)4)31-9-8-27(22-45)33(21-31)41(42,43)44;/h5-9,20-21,24-26,30,32,34,39,46,57H,10-19,23H2,1-4H3,(H,47,53)(H,48,52,54);1H. The Hall–Kier alpha value is -3.88. The highest BCUT2D eigenvalue weighted by atomic mass is 35.5. The number of carbonyl (C=O) groups is 4. The Morgan fingerprint density at radius 1 is 1.02 bits per heavy atom. The number of nitriles is 1. The van der Waals surface area contributed by atoms with Crippen LogP contribution in [0, 0.1) is 17.2 Å². The van der Waals surface area contributed by atoms with Gasteiger partial charge in [-0.25, -0.2) is 0 Å². The number of nitrogens with one attached hydrogen (secondary N) is 3. The van der Waals surface area contributed by atoms with Crippen molar-refractivity contribution in [2.75, 3.05) is 28.7 Å². The highest BCUT2D eigenvalue weighted by molar-refractivity contribution is 7.81. The molecule has 0 spiro atoms. The molecule has 3 N–H and O–H groups in total. The number of anilines is 3. The Morgan fingerprint density at radius 2 is 1.69 bits per heavy atom. The molecule has 4 aliphatic rings. The monoisotopic (exact) mass is 847 g/mol. The Balaban J connectivity index is 0.00000641. The van der Waals surface area contributed by atoms with E-state index in [-0.39, 0.29) is 78.9 Å². The molecule has 1 saturated carbocycles. The van der Waals surface area contributed by atoms with E-state index in [9.17, 15) is 37.6 Å². The van der Waals surface area contributed by atoms with Crippen LogP contribution in [0.4, 0.5) is 30.2 Å². The zero-order valence-corrected chi connectivity index (χ0v) is 34.9. The van der Waals surface area contributed by atoms with Crippen molar-refractivity contribution < 1.29 is 37.1 Å². The van der Waals surface area contributed by atoms with E-state index in [0.717, 1.165) is 57.1 Å². The number of halogens is 4. The van der Waals surface area contributed by atoms with Crippen molar-refractivity contribution in [1.82, 2.24) is 15.1 Å². The van der Waals surface area contributed by atoms with Crippen molar-refractivity contribution in [3.8, 4) is 6.07 Å². The molecule has 316 valence electrons. The van der Waals surface area contributed by atoms with E-state index in [2.05, 4.69) is 34.7 Å². The lowest BCUT2D eigenvalue weighted by molar-refractivity contribution is -0.138. The first-order valence-corrected chi connectivity index (χ1v) is 20.3. The molecule has 3 heterocycles. The molecule has 0 bridgehead atoms. The molecule has 3 aliphatic heterocycles. The van der Waals surface area contributed by atoms with E-state index in [1.165, 1.54) is 11.0 Å². The van der Waals surface area contributed by atoms with Crippen molar-refractivity contribution in [2.24, 2.45) is 5.92 Å². The summed E-state index contributed by atoms with van der Waals surface area (Å²) in [6, 6.07) is 12.0. The van der Waals surface area contributed by atoms with E-state index in [1.54, 1.807) is 38.1 Å². The first-order valence-electron chi connectivity index (χ1n) is 19.7. The number of rotatable bonds is 11. The summed E-state index contributed by atoms with van der Waals surface area (Å²) in [5.41, 5.74) is -1.99. The van der Waals surface area contributed by atoms with Crippen LogP contribution in [0.1, 0.15) is 96.6 Å². The fourth-order valence-corrected chi connectivity index (χ4v) is 9.84. The van der Waals surface area contributed by atoms with Gasteiger partial charge in [0.25, 0.3) is 0 Å². The summed E-state index contributed by atoms with van der Waals surface area (Å²) in [5, 5.41) is 17.7. The molecule has 4 fully saturated rings. The number of imide groups is 1. The lowest BCUT2D eigenvalue weighted by Crippen LogP contribution is -2.52. The highest BCUT2D eigenvalue weighted by Gasteiger charge is 2.54. The molecule has 6 rings (SSSR count). The Labute approximate surface area is 349 Å². The predicted octanol–water partition coefficient (Wildman–Crippen LogP) is 6.70. The van der Waals surface area contributed by atoms with Gasteiger partial charge in [-0.1, -0.05) is 6.07 Å². The second-order valence-corrected chi connectivity index (χ2v) is 16.9. The first kappa shape index (κ1) is 45.2. The van der Waals surface area contributed by atoms with E-state index >= 15 is 0 Å². The Kier molecular flexibility index (Phi) is 14.5. The number of amides is 4. The largest absolute Gasteiger partial charge is 0.417 e. The summed E-state index contributed by atoms with van der Waals surface area (Å²) in [7, 11) is 0. The van der Waals surface area contributed by atoms with Crippen LogP contribution in [-0.4, -0.2) is 87.9 Å². The minimum absolute atomic E-state index is 0. The topological polar surface area (TPSA) is 147 Å². The molecule has 2 aromatic rings. The van der Waals surface area contributed by atoms with Gasteiger partial charge < -0.3 is 15.4 Å². The summed E-state index contributed by atoms with van der Waals surface area (Å²) < 4.78 is 47.6. The van der Waals surface area contributed by atoms with Crippen LogP contribution in [-0.2, 0) is 30.1 Å². The van der Waals surface area contributed by atoms with Crippen molar-refractivity contribution in [1.29, 1.82) is 5.26 Å². The van der Waals surface area contributed by atoms with E-state index < -0.39 is 34.4 Å². The number of carbonyl (C=O) groups excluding carboxylic acids is 4. The summed E-state index contributed by atoms with van der Waals surface area (Å²) in [5.74, 6) is -0.645. The first-order chi connectivity index (χ1) is 27.0. The molecule has 17 heteroatoms. The van der Waals surface area contributed by atoms with Gasteiger partial charge in [-0.15, -0.1) is 25.0 Å². The third-order valence-electron chi connectivity index (χ3n) is 12.0. The van der Waals surface area contributed by atoms with Crippen LogP contribution in [0.5, 0.6) is 0 Å². The number of piperidine rings is 2. The summed E-state index contributed by atoms with van der Waals surface area (Å²) in [6.07, 6.45) is 1.89. The zero-order chi connectivity index (χ0) is 41.2. The van der Waals surface area contributed by atoms with E-state index in [4.69, 9.17) is 17.4 Å². The van der Waals surface area contributed by atoms with Gasteiger partial charge in [-0.2, -0.15) is 18.4 Å². The molecular weight excluding hydrogens is 795 g/mol. The molecule has 4 atom stereocenters. The molecule has 4 amide bonds. The number of likely N-dealkylation sites (tertiary alicyclic amines) is 1. The van der Waals surface area contributed by atoms with Gasteiger partial charge in [-0.3, -0.25) is 39.2 Å². The SMILES string of the molecule is CC1CC(CCOC2CCC(N3C(S)N(c4ccc(C#N)c(C(F)(F)F)c4)C(=O)C3(C)C)CC2)CC(C)N1CC(=O)Nc1cccc(NC2CCC(=O)NC2=O)c1.Cl. The number of hydrogen-bond donors (Lipinski definition) is 4. The molecule has 1 aliphatic carbocycles. The molecule has 12 nitrogen and oxygen atoms in total. The third kappa shape index (κ3) is 10.1. The summed E-state index contributed by atoms with van der Waals surface area (Å²) >= 11 is 4.77. The number of benzene rings is 2. The quantitative estimate of drug-likeness (QED) is 0.143. The maximum absolute atomic E-state index is 13.7. The van der Waals surface area contributed by atoms with Crippen molar-refractivity contribution in [3.63, 3.8) is 0 Å². The van der Waals surface area contributed by atoms with Crippen LogP contribution >= 0.6 is 25.0 Å². The molecular formula is C41H53ClF3N7O5S. The maximum atomic E-state index is 13.7. The van der Waals surface area contributed by atoms with Gasteiger partial charge >= 0.3 is 6.18 Å². The summed E-state index contributed by atoms with van der Waals surface area (Å²) in [4.78, 5) is 56.0. The maximum Gasteiger partial charge on any atom is 0.417 e. The van der Waals surface area contributed by atoms with E-state index in [1.807, 2.05) is 11.0 Å². The number of thiol groups is 1. The second kappa shape index (κ2) is 18.6.